The Kier molecular flexibility index (Phi) is 6.55. The van der Waals surface area contributed by atoms with Crippen LogP contribution in [0.3, 0.4) is 0 Å². The van der Waals surface area contributed by atoms with E-state index in [9.17, 15) is 4.79 Å². The summed E-state index contributed by atoms with van der Waals surface area (Å²) in [6.07, 6.45) is 7.39. The van der Waals surface area contributed by atoms with Crippen LogP contribution in [0.1, 0.15) is 34.3 Å². The van der Waals surface area contributed by atoms with Crippen LogP contribution in [0.2, 0.25) is 5.02 Å². The predicted molar refractivity (Wildman–Crippen MR) is 140 cm³/mol. The Balaban J connectivity index is 1.14. The maximum absolute atomic E-state index is 13.2. The number of hydrogen-bond acceptors (Lipinski definition) is 7. The smallest absolute Gasteiger partial charge is 0.254 e. The first kappa shape index (κ1) is 23.6. The Labute approximate surface area is 219 Å². The van der Waals surface area contributed by atoms with Crippen LogP contribution in [0.4, 0.5) is 5.95 Å². The molecule has 1 saturated heterocycles. The van der Waals surface area contributed by atoms with Crippen LogP contribution in [0, 0.1) is 0 Å². The Hall–Kier alpha value is -3.82. The number of carbonyl (C=O) groups is 1. The van der Waals surface area contributed by atoms with Gasteiger partial charge in [0.25, 0.3) is 5.91 Å². The van der Waals surface area contributed by atoms with Crippen molar-refractivity contribution >= 4 is 23.5 Å². The SMILES string of the molecule is O=C1c2cc(-c3nc(NC4CCOCC4)ncc3Cl)ccc2CN1CCc1ccc(-n2cncn2)cc1. The van der Waals surface area contributed by atoms with Gasteiger partial charge in [-0.1, -0.05) is 35.9 Å². The molecule has 2 aromatic heterocycles. The second-order valence-electron chi connectivity index (χ2n) is 9.28. The van der Waals surface area contributed by atoms with Gasteiger partial charge in [-0.05, 0) is 48.6 Å². The summed E-state index contributed by atoms with van der Waals surface area (Å²) < 4.78 is 7.15. The summed E-state index contributed by atoms with van der Waals surface area (Å²) in [6.45, 7) is 2.70. The molecule has 1 N–H and O–H groups in total. The molecule has 2 aromatic carbocycles. The maximum atomic E-state index is 13.2. The Morgan fingerprint density at radius 1 is 1.11 bits per heavy atom. The van der Waals surface area contributed by atoms with Crippen molar-refractivity contribution in [2.45, 2.75) is 31.8 Å². The van der Waals surface area contributed by atoms with Gasteiger partial charge in [0, 0.05) is 43.5 Å². The quantitative estimate of drug-likeness (QED) is 0.394. The normalized spacial score (nSPS) is 15.7. The lowest BCUT2D eigenvalue weighted by molar-refractivity contribution is 0.0780. The van der Waals surface area contributed by atoms with Crippen molar-refractivity contribution < 1.29 is 9.53 Å². The van der Waals surface area contributed by atoms with E-state index in [0.717, 1.165) is 54.9 Å². The van der Waals surface area contributed by atoms with Crippen molar-refractivity contribution in [2.75, 3.05) is 25.1 Å². The number of ether oxygens (including phenoxy) is 1. The van der Waals surface area contributed by atoms with Gasteiger partial charge in [0.1, 0.15) is 12.7 Å². The summed E-state index contributed by atoms with van der Waals surface area (Å²) in [4.78, 5) is 28.1. The first-order valence-corrected chi connectivity index (χ1v) is 12.8. The number of amides is 1. The number of halogens is 1. The van der Waals surface area contributed by atoms with Gasteiger partial charge in [-0.15, -0.1) is 0 Å². The first-order valence-electron chi connectivity index (χ1n) is 12.4. The zero-order valence-corrected chi connectivity index (χ0v) is 20.9. The largest absolute Gasteiger partial charge is 0.381 e. The van der Waals surface area contributed by atoms with Crippen molar-refractivity contribution in [3.63, 3.8) is 0 Å². The minimum Gasteiger partial charge on any atom is -0.381 e. The Bertz CT molecular complexity index is 1400. The highest BCUT2D eigenvalue weighted by Gasteiger charge is 2.28. The van der Waals surface area contributed by atoms with E-state index < -0.39 is 0 Å². The topological polar surface area (TPSA) is 98.1 Å². The third-order valence-electron chi connectivity index (χ3n) is 6.85. The number of benzene rings is 2. The van der Waals surface area contributed by atoms with Crippen molar-refractivity contribution in [1.82, 2.24) is 29.6 Å². The van der Waals surface area contributed by atoms with Crippen LogP contribution in [-0.2, 0) is 17.7 Å². The highest BCUT2D eigenvalue weighted by atomic mass is 35.5. The Morgan fingerprint density at radius 3 is 2.73 bits per heavy atom. The summed E-state index contributed by atoms with van der Waals surface area (Å²) in [5, 5.41) is 7.99. The molecule has 188 valence electrons. The summed E-state index contributed by atoms with van der Waals surface area (Å²) in [6, 6.07) is 14.3. The number of carbonyl (C=O) groups excluding carboxylic acids is 1. The van der Waals surface area contributed by atoms with Crippen molar-refractivity contribution in [3.05, 3.63) is 83.0 Å². The first-order chi connectivity index (χ1) is 18.1. The van der Waals surface area contributed by atoms with Gasteiger partial charge in [0.2, 0.25) is 5.95 Å². The fourth-order valence-electron chi connectivity index (χ4n) is 4.77. The van der Waals surface area contributed by atoms with Crippen LogP contribution in [0.25, 0.3) is 16.9 Å². The molecular formula is C27H26ClN7O2. The lowest BCUT2D eigenvalue weighted by Gasteiger charge is -2.23. The van der Waals surface area contributed by atoms with Crippen molar-refractivity contribution in [2.24, 2.45) is 0 Å². The summed E-state index contributed by atoms with van der Waals surface area (Å²) in [5.74, 6) is 0.566. The molecular weight excluding hydrogens is 490 g/mol. The minimum atomic E-state index is 0.0295. The lowest BCUT2D eigenvalue weighted by Crippen LogP contribution is -2.28. The third kappa shape index (κ3) is 5.05. The monoisotopic (exact) mass is 515 g/mol. The predicted octanol–water partition coefficient (Wildman–Crippen LogP) is 4.17. The number of aromatic nitrogens is 5. The van der Waals surface area contributed by atoms with Crippen molar-refractivity contribution in [1.29, 1.82) is 0 Å². The van der Waals surface area contributed by atoms with E-state index in [-0.39, 0.29) is 11.9 Å². The molecule has 2 aliphatic heterocycles. The number of nitrogens with zero attached hydrogens (tertiary/aromatic N) is 6. The number of hydrogen-bond donors (Lipinski definition) is 1. The molecule has 0 bridgehead atoms. The third-order valence-corrected chi connectivity index (χ3v) is 7.13. The van der Waals surface area contributed by atoms with Gasteiger partial charge in [-0.25, -0.2) is 19.6 Å². The number of fused-ring (bicyclic) bond motifs is 1. The molecule has 4 aromatic rings. The van der Waals surface area contributed by atoms with Gasteiger partial charge < -0.3 is 15.0 Å². The molecule has 1 fully saturated rings. The van der Waals surface area contributed by atoms with E-state index in [2.05, 4.69) is 37.5 Å². The Morgan fingerprint density at radius 2 is 1.95 bits per heavy atom. The molecule has 4 heterocycles. The standard InChI is InChI=1S/C27H26ClN7O2/c28-24-14-30-27(32-21-8-11-37-12-9-21)33-25(24)19-3-4-20-15-34(26(36)23(20)13-19)10-7-18-1-5-22(6-2-18)35-17-29-16-31-35/h1-6,13-14,16-17,21H,7-12,15H2,(H,30,32,33). The van der Waals surface area contributed by atoms with Crippen LogP contribution >= 0.6 is 11.6 Å². The fourth-order valence-corrected chi connectivity index (χ4v) is 4.97. The molecule has 9 nitrogen and oxygen atoms in total. The van der Waals surface area contributed by atoms with E-state index >= 15 is 0 Å². The maximum Gasteiger partial charge on any atom is 0.254 e. The number of nitrogens with one attached hydrogen (secondary N) is 1. The summed E-state index contributed by atoms with van der Waals surface area (Å²) in [7, 11) is 0. The molecule has 6 rings (SSSR count). The molecule has 2 aliphatic rings. The fraction of sp³-hybridized carbons (Fsp3) is 0.296. The highest BCUT2D eigenvalue weighted by molar-refractivity contribution is 6.33. The van der Waals surface area contributed by atoms with E-state index in [1.165, 1.54) is 6.33 Å². The van der Waals surface area contributed by atoms with Gasteiger partial charge in [-0.2, -0.15) is 5.10 Å². The molecule has 10 heteroatoms. The molecule has 0 radical (unpaired) electrons. The molecule has 0 saturated carbocycles. The van der Waals surface area contributed by atoms with E-state index in [0.29, 0.717) is 35.3 Å². The lowest BCUT2D eigenvalue weighted by atomic mass is 10.0. The molecule has 37 heavy (non-hydrogen) atoms. The van der Waals surface area contributed by atoms with Gasteiger partial charge in [-0.3, -0.25) is 4.79 Å². The zero-order valence-electron chi connectivity index (χ0n) is 20.2. The summed E-state index contributed by atoms with van der Waals surface area (Å²) >= 11 is 6.47. The molecule has 0 aliphatic carbocycles. The number of rotatable bonds is 7. The highest BCUT2D eigenvalue weighted by Crippen LogP contribution is 2.32. The van der Waals surface area contributed by atoms with E-state index in [4.69, 9.17) is 16.3 Å². The average molecular weight is 516 g/mol. The van der Waals surface area contributed by atoms with E-state index in [1.807, 2.05) is 35.2 Å². The molecule has 0 spiro atoms. The van der Waals surface area contributed by atoms with Crippen molar-refractivity contribution in [3.8, 4) is 16.9 Å². The van der Waals surface area contributed by atoms with Gasteiger partial charge in [0.15, 0.2) is 0 Å². The van der Waals surface area contributed by atoms with Crippen LogP contribution in [0.5, 0.6) is 0 Å². The van der Waals surface area contributed by atoms with E-state index in [1.54, 1.807) is 17.2 Å². The minimum absolute atomic E-state index is 0.0295. The zero-order chi connectivity index (χ0) is 25.2. The number of anilines is 1. The molecule has 1 amide bonds. The second kappa shape index (κ2) is 10.3. The van der Waals surface area contributed by atoms with Crippen LogP contribution < -0.4 is 5.32 Å². The molecule has 0 atom stereocenters. The van der Waals surface area contributed by atoms with Gasteiger partial charge in [0.05, 0.1) is 22.6 Å². The second-order valence-corrected chi connectivity index (χ2v) is 9.68. The van der Waals surface area contributed by atoms with Crippen LogP contribution in [-0.4, -0.2) is 61.3 Å². The van der Waals surface area contributed by atoms with Gasteiger partial charge >= 0.3 is 0 Å². The average Bonchev–Trinajstić information content (AvgIpc) is 3.58. The van der Waals surface area contributed by atoms with Crippen LogP contribution in [0.15, 0.2) is 61.3 Å². The molecule has 0 unspecified atom stereocenters. The summed E-state index contributed by atoms with van der Waals surface area (Å²) in [5.41, 5.74) is 5.25.